The number of fused-ring (bicyclic) bond motifs is 1. The van der Waals surface area contributed by atoms with E-state index < -0.39 is 12.1 Å². The number of hydrogen-bond donors (Lipinski definition) is 0. The zero-order chi connectivity index (χ0) is 18.0. The normalized spacial score (nSPS) is 15.5. The third-order valence-corrected chi connectivity index (χ3v) is 4.18. The number of hydrogen-bond acceptors (Lipinski definition) is 5. The molecule has 0 N–H and O–H groups in total. The molecule has 2 aromatic carbocycles. The minimum absolute atomic E-state index is 0.189. The Morgan fingerprint density at radius 1 is 1.20 bits per heavy atom. The highest BCUT2D eigenvalue weighted by Gasteiger charge is 2.28. The number of Topliss-reactive ketones (excluding diaryl/α,β-unsaturated/α-hetero) is 1. The Kier molecular flexibility index (Phi) is 4.90. The first-order chi connectivity index (χ1) is 12.0. The summed E-state index contributed by atoms with van der Waals surface area (Å²) in [4.78, 5) is 23.9. The monoisotopic (exact) mass is 402 g/mol. The summed E-state index contributed by atoms with van der Waals surface area (Å²) < 4.78 is 16.8. The summed E-state index contributed by atoms with van der Waals surface area (Å²) in [5.41, 5.74) is 1.32. The molecular weight excluding hydrogens is 388 g/mol. The Morgan fingerprint density at radius 2 is 1.92 bits per heavy atom. The second-order valence-corrected chi connectivity index (χ2v) is 6.35. The highest BCUT2D eigenvalue weighted by molar-refractivity contribution is 9.10. The van der Waals surface area contributed by atoms with E-state index in [2.05, 4.69) is 20.7 Å². The van der Waals surface area contributed by atoms with Crippen LogP contribution in [0.25, 0.3) is 6.08 Å². The fourth-order valence-corrected chi connectivity index (χ4v) is 2.63. The molecule has 0 saturated carbocycles. The summed E-state index contributed by atoms with van der Waals surface area (Å²) in [5, 5.41) is 0. The van der Waals surface area contributed by atoms with Crippen molar-refractivity contribution in [3.8, 4) is 11.5 Å². The zero-order valence-corrected chi connectivity index (χ0v) is 15.2. The van der Waals surface area contributed by atoms with Crippen LogP contribution in [0.3, 0.4) is 0 Å². The van der Waals surface area contributed by atoms with Crippen LogP contribution in [0.4, 0.5) is 0 Å². The van der Waals surface area contributed by atoms with E-state index in [9.17, 15) is 9.59 Å². The van der Waals surface area contributed by atoms with Gasteiger partial charge in [-0.15, -0.1) is 0 Å². The van der Waals surface area contributed by atoms with Crippen molar-refractivity contribution in [3.63, 3.8) is 0 Å². The van der Waals surface area contributed by atoms with E-state index in [-0.39, 0.29) is 11.5 Å². The van der Waals surface area contributed by atoms with Gasteiger partial charge < -0.3 is 14.2 Å². The minimum Gasteiger partial charge on any atom is -0.479 e. The zero-order valence-electron chi connectivity index (χ0n) is 13.6. The largest absolute Gasteiger partial charge is 0.479 e. The number of ketones is 1. The first-order valence-corrected chi connectivity index (χ1v) is 8.35. The number of methoxy groups -OCH3 is 1. The first kappa shape index (κ1) is 17.2. The first-order valence-electron chi connectivity index (χ1n) is 7.56. The maximum absolute atomic E-state index is 12.4. The summed E-state index contributed by atoms with van der Waals surface area (Å²) in [7, 11) is 1.30. The molecule has 1 atom stereocenters. The standard InChI is InChI=1S/C19H15BrO5/c1-11(19(22)23-2)24-14-7-8-15-16(10-14)25-17(18(15)21)9-12-3-5-13(20)6-4-12/h3-11H,1-2H3/t11-/m1/s1. The summed E-state index contributed by atoms with van der Waals surface area (Å²) in [6, 6.07) is 12.4. The molecule has 5 nitrogen and oxygen atoms in total. The molecule has 25 heavy (non-hydrogen) atoms. The van der Waals surface area contributed by atoms with Crippen LogP contribution < -0.4 is 9.47 Å². The van der Waals surface area contributed by atoms with E-state index in [0.717, 1.165) is 10.0 Å². The van der Waals surface area contributed by atoms with Crippen LogP contribution in [0.15, 0.2) is 52.7 Å². The van der Waals surface area contributed by atoms with Gasteiger partial charge >= 0.3 is 5.97 Å². The molecule has 1 aliphatic rings. The third-order valence-electron chi connectivity index (χ3n) is 3.66. The van der Waals surface area contributed by atoms with Crippen LogP contribution >= 0.6 is 15.9 Å². The lowest BCUT2D eigenvalue weighted by Crippen LogP contribution is -2.24. The molecule has 0 fully saturated rings. The average Bonchev–Trinajstić information content (AvgIpc) is 2.91. The molecule has 1 heterocycles. The van der Waals surface area contributed by atoms with Crippen molar-refractivity contribution in [3.05, 3.63) is 63.8 Å². The summed E-state index contributed by atoms with van der Waals surface area (Å²) in [6.45, 7) is 1.59. The highest BCUT2D eigenvalue weighted by atomic mass is 79.9. The maximum Gasteiger partial charge on any atom is 0.346 e. The molecule has 0 saturated heterocycles. The van der Waals surface area contributed by atoms with Crippen LogP contribution in [0.1, 0.15) is 22.8 Å². The molecular formula is C19H15BrO5. The Labute approximate surface area is 153 Å². The molecule has 6 heteroatoms. The van der Waals surface area contributed by atoms with Crippen molar-refractivity contribution < 1.29 is 23.8 Å². The number of rotatable bonds is 4. The number of allylic oxidation sites excluding steroid dienone is 1. The van der Waals surface area contributed by atoms with Gasteiger partial charge in [0, 0.05) is 10.5 Å². The lowest BCUT2D eigenvalue weighted by atomic mass is 10.1. The Balaban J connectivity index is 1.81. The Hall–Kier alpha value is -2.60. The molecule has 0 unspecified atom stereocenters. The van der Waals surface area contributed by atoms with E-state index in [1.807, 2.05) is 24.3 Å². The van der Waals surface area contributed by atoms with Gasteiger partial charge in [0.25, 0.3) is 0 Å². The third kappa shape index (κ3) is 3.74. The summed E-state index contributed by atoms with van der Waals surface area (Å²) in [6.07, 6.45) is 0.935. The van der Waals surface area contributed by atoms with E-state index in [4.69, 9.17) is 9.47 Å². The Morgan fingerprint density at radius 3 is 2.60 bits per heavy atom. The van der Waals surface area contributed by atoms with Gasteiger partial charge in [-0.1, -0.05) is 28.1 Å². The lowest BCUT2D eigenvalue weighted by molar-refractivity contribution is -0.147. The van der Waals surface area contributed by atoms with Gasteiger partial charge in [0.1, 0.15) is 11.5 Å². The summed E-state index contributed by atoms with van der Waals surface area (Å²) >= 11 is 3.37. The lowest BCUT2D eigenvalue weighted by Gasteiger charge is -2.12. The van der Waals surface area contributed by atoms with Gasteiger partial charge in [-0.05, 0) is 42.8 Å². The molecule has 0 aliphatic carbocycles. The van der Waals surface area contributed by atoms with Gasteiger partial charge in [-0.3, -0.25) is 4.79 Å². The molecule has 0 spiro atoms. The second kappa shape index (κ2) is 7.11. The predicted molar refractivity (Wildman–Crippen MR) is 95.6 cm³/mol. The van der Waals surface area contributed by atoms with Gasteiger partial charge in [-0.2, -0.15) is 0 Å². The van der Waals surface area contributed by atoms with Crippen LogP contribution in [0.5, 0.6) is 11.5 Å². The quantitative estimate of drug-likeness (QED) is 0.571. The van der Waals surface area contributed by atoms with Gasteiger partial charge in [0.15, 0.2) is 11.9 Å². The predicted octanol–water partition coefficient (Wildman–Crippen LogP) is 4.01. The van der Waals surface area contributed by atoms with Crippen molar-refractivity contribution in [1.29, 1.82) is 0 Å². The van der Waals surface area contributed by atoms with Crippen LogP contribution in [0, 0.1) is 0 Å². The van der Waals surface area contributed by atoms with Crippen molar-refractivity contribution in [2.75, 3.05) is 7.11 Å². The van der Waals surface area contributed by atoms with Crippen molar-refractivity contribution in [2.24, 2.45) is 0 Å². The number of benzene rings is 2. The topological polar surface area (TPSA) is 61.8 Å². The average molecular weight is 403 g/mol. The van der Waals surface area contributed by atoms with Gasteiger partial charge in [0.05, 0.1) is 12.7 Å². The van der Waals surface area contributed by atoms with Crippen LogP contribution in [-0.4, -0.2) is 25.0 Å². The molecule has 0 amide bonds. The van der Waals surface area contributed by atoms with Crippen LogP contribution in [-0.2, 0) is 9.53 Å². The summed E-state index contributed by atoms with van der Waals surface area (Å²) in [5.74, 6) is 0.409. The smallest absolute Gasteiger partial charge is 0.346 e. The second-order valence-electron chi connectivity index (χ2n) is 5.43. The fourth-order valence-electron chi connectivity index (χ4n) is 2.37. The van der Waals surface area contributed by atoms with E-state index in [1.54, 1.807) is 31.2 Å². The maximum atomic E-state index is 12.4. The number of ether oxygens (including phenoxy) is 3. The number of esters is 1. The SMILES string of the molecule is COC(=O)[C@@H](C)Oc1ccc2c(c1)OC(=Cc1ccc(Br)cc1)C2=O. The molecule has 0 aromatic heterocycles. The molecule has 128 valence electrons. The van der Waals surface area contributed by atoms with Crippen molar-refractivity contribution in [2.45, 2.75) is 13.0 Å². The molecule has 2 aromatic rings. The Bertz CT molecular complexity index is 855. The van der Waals surface area contributed by atoms with E-state index in [0.29, 0.717) is 17.1 Å². The molecule has 1 aliphatic heterocycles. The molecule has 0 radical (unpaired) electrons. The van der Waals surface area contributed by atoms with Gasteiger partial charge in [0.2, 0.25) is 5.78 Å². The van der Waals surface area contributed by atoms with Gasteiger partial charge in [-0.25, -0.2) is 4.79 Å². The minimum atomic E-state index is -0.752. The number of carbonyl (C=O) groups excluding carboxylic acids is 2. The molecule has 3 rings (SSSR count). The van der Waals surface area contributed by atoms with Crippen LogP contribution in [0.2, 0.25) is 0 Å². The van der Waals surface area contributed by atoms with E-state index >= 15 is 0 Å². The number of halogens is 1. The van der Waals surface area contributed by atoms with Crippen molar-refractivity contribution >= 4 is 33.8 Å². The van der Waals surface area contributed by atoms with E-state index in [1.165, 1.54) is 7.11 Å². The van der Waals surface area contributed by atoms with Crippen molar-refractivity contribution in [1.82, 2.24) is 0 Å². The number of carbonyl (C=O) groups is 2. The highest BCUT2D eigenvalue weighted by Crippen LogP contribution is 2.35. The fraction of sp³-hybridized carbons (Fsp3) is 0.158. The molecule has 0 bridgehead atoms.